The van der Waals surface area contributed by atoms with Crippen LogP contribution in [-0.2, 0) is 11.2 Å². The number of aromatic nitrogens is 1. The maximum atomic E-state index is 11.2. The van der Waals surface area contributed by atoms with Gasteiger partial charge < -0.3 is 10.5 Å². The van der Waals surface area contributed by atoms with Gasteiger partial charge in [0.25, 0.3) is 0 Å². The highest BCUT2D eigenvalue weighted by Gasteiger charge is 2.10. The number of rotatable bonds is 4. The molecule has 0 unspecified atom stereocenters. The van der Waals surface area contributed by atoms with Gasteiger partial charge in [-0.05, 0) is 18.2 Å². The molecule has 2 heterocycles. The van der Waals surface area contributed by atoms with Gasteiger partial charge in [0.1, 0.15) is 0 Å². The number of benzene rings is 1. The van der Waals surface area contributed by atoms with Crippen LogP contribution in [0.15, 0.2) is 30.3 Å². The molecule has 0 saturated carbocycles. The van der Waals surface area contributed by atoms with E-state index in [-0.39, 0.29) is 0 Å². The molecule has 0 aliphatic carbocycles. The molecule has 1 amide bonds. The molecule has 0 bridgehead atoms. The van der Waals surface area contributed by atoms with Crippen LogP contribution in [0.4, 0.5) is 0 Å². The molecule has 0 atom stereocenters. The predicted octanol–water partition coefficient (Wildman–Crippen LogP) is 1.21. The zero-order valence-electron chi connectivity index (χ0n) is 11.9. The van der Waals surface area contributed by atoms with Crippen molar-refractivity contribution in [2.75, 3.05) is 32.8 Å². The van der Waals surface area contributed by atoms with Gasteiger partial charge in [-0.1, -0.05) is 12.1 Å². The Bertz CT molecular complexity index is 651. The van der Waals surface area contributed by atoms with E-state index in [1.54, 1.807) is 12.1 Å². The molecule has 1 aliphatic rings. The summed E-state index contributed by atoms with van der Waals surface area (Å²) in [5.74, 6) is -0.419. The second-order valence-corrected chi connectivity index (χ2v) is 5.28. The van der Waals surface area contributed by atoms with Crippen LogP contribution < -0.4 is 5.73 Å². The minimum atomic E-state index is -0.419. The van der Waals surface area contributed by atoms with E-state index in [1.807, 2.05) is 18.2 Å². The highest BCUT2D eigenvalue weighted by molar-refractivity contribution is 5.96. The van der Waals surface area contributed by atoms with Crippen molar-refractivity contribution in [1.29, 1.82) is 0 Å². The van der Waals surface area contributed by atoms with Gasteiger partial charge in [-0.15, -0.1) is 0 Å². The number of pyridine rings is 1. The summed E-state index contributed by atoms with van der Waals surface area (Å²) >= 11 is 0. The number of nitrogens with two attached hydrogens (primary N) is 1. The highest BCUT2D eigenvalue weighted by atomic mass is 16.5. The maximum Gasteiger partial charge on any atom is 0.248 e. The van der Waals surface area contributed by atoms with Crippen LogP contribution in [0.2, 0.25) is 0 Å². The molecule has 5 heteroatoms. The van der Waals surface area contributed by atoms with Crippen molar-refractivity contribution in [3.8, 4) is 0 Å². The van der Waals surface area contributed by atoms with Gasteiger partial charge in [0, 0.05) is 42.7 Å². The summed E-state index contributed by atoms with van der Waals surface area (Å²) in [6, 6.07) is 9.47. The third kappa shape index (κ3) is 3.37. The third-order valence-electron chi connectivity index (χ3n) is 3.82. The van der Waals surface area contributed by atoms with E-state index in [0.717, 1.165) is 55.9 Å². The van der Waals surface area contributed by atoms with Crippen molar-refractivity contribution in [1.82, 2.24) is 9.88 Å². The molecule has 3 rings (SSSR count). The monoisotopic (exact) mass is 285 g/mol. The number of carbonyl (C=O) groups excluding carboxylic acids is 1. The lowest BCUT2D eigenvalue weighted by Crippen LogP contribution is -2.37. The molecule has 5 nitrogen and oxygen atoms in total. The zero-order chi connectivity index (χ0) is 14.7. The number of hydrogen-bond acceptors (Lipinski definition) is 4. The van der Waals surface area contributed by atoms with Crippen LogP contribution in [0.3, 0.4) is 0 Å². The number of carbonyl (C=O) groups is 1. The zero-order valence-corrected chi connectivity index (χ0v) is 11.9. The number of morpholine rings is 1. The maximum absolute atomic E-state index is 11.2. The van der Waals surface area contributed by atoms with Crippen molar-refractivity contribution in [2.45, 2.75) is 6.42 Å². The fraction of sp³-hybridized carbons (Fsp3) is 0.375. The first-order valence-electron chi connectivity index (χ1n) is 7.22. The van der Waals surface area contributed by atoms with Crippen LogP contribution in [0.5, 0.6) is 0 Å². The third-order valence-corrected chi connectivity index (χ3v) is 3.82. The predicted molar refractivity (Wildman–Crippen MR) is 81.2 cm³/mol. The van der Waals surface area contributed by atoms with Crippen molar-refractivity contribution >= 4 is 16.8 Å². The highest BCUT2D eigenvalue weighted by Crippen LogP contribution is 2.15. The normalized spacial score (nSPS) is 16.2. The van der Waals surface area contributed by atoms with E-state index < -0.39 is 5.91 Å². The molecule has 0 spiro atoms. The quantitative estimate of drug-likeness (QED) is 0.916. The number of fused-ring (bicyclic) bond motifs is 1. The molecule has 0 radical (unpaired) electrons. The largest absolute Gasteiger partial charge is 0.379 e. The second-order valence-electron chi connectivity index (χ2n) is 5.28. The number of ether oxygens (including phenoxy) is 1. The van der Waals surface area contributed by atoms with Crippen molar-refractivity contribution < 1.29 is 9.53 Å². The standard InChI is InChI=1S/C16H19N3O2/c17-16(20)13-2-1-12-3-4-14(18-15(12)11-13)5-6-19-7-9-21-10-8-19/h1-4,11H,5-10H2,(H2,17,20). The lowest BCUT2D eigenvalue weighted by Gasteiger charge is -2.26. The Morgan fingerprint density at radius 2 is 2.00 bits per heavy atom. The Kier molecular flexibility index (Phi) is 4.13. The van der Waals surface area contributed by atoms with Crippen LogP contribution in [0.25, 0.3) is 10.9 Å². The molecule has 1 fully saturated rings. The van der Waals surface area contributed by atoms with E-state index >= 15 is 0 Å². The summed E-state index contributed by atoms with van der Waals surface area (Å²) in [5, 5.41) is 1.02. The number of hydrogen-bond donors (Lipinski definition) is 1. The van der Waals surface area contributed by atoms with E-state index in [9.17, 15) is 4.79 Å². The van der Waals surface area contributed by atoms with E-state index in [4.69, 9.17) is 10.5 Å². The lowest BCUT2D eigenvalue weighted by atomic mass is 10.1. The van der Waals surface area contributed by atoms with Crippen LogP contribution in [-0.4, -0.2) is 48.6 Å². The molecule has 21 heavy (non-hydrogen) atoms. The first kappa shape index (κ1) is 14.0. The van der Waals surface area contributed by atoms with Gasteiger partial charge >= 0.3 is 0 Å². The van der Waals surface area contributed by atoms with Crippen LogP contribution in [0, 0.1) is 0 Å². The molecule has 1 aliphatic heterocycles. The molecule has 110 valence electrons. The summed E-state index contributed by atoms with van der Waals surface area (Å²) in [5.41, 5.74) is 7.68. The fourth-order valence-corrected chi connectivity index (χ4v) is 2.55. The van der Waals surface area contributed by atoms with Gasteiger partial charge in [0.15, 0.2) is 0 Å². The van der Waals surface area contributed by atoms with Crippen molar-refractivity contribution in [3.05, 3.63) is 41.6 Å². The Hall–Kier alpha value is -1.98. The Balaban J connectivity index is 1.74. The number of nitrogens with zero attached hydrogens (tertiary/aromatic N) is 2. The van der Waals surface area contributed by atoms with Gasteiger partial charge in [-0.25, -0.2) is 0 Å². The first-order chi connectivity index (χ1) is 10.2. The molecule has 1 aromatic heterocycles. The summed E-state index contributed by atoms with van der Waals surface area (Å²) in [4.78, 5) is 18.3. The van der Waals surface area contributed by atoms with Gasteiger partial charge in [0.2, 0.25) is 5.91 Å². The van der Waals surface area contributed by atoms with Crippen molar-refractivity contribution in [3.63, 3.8) is 0 Å². The van der Waals surface area contributed by atoms with Gasteiger partial charge in [-0.3, -0.25) is 14.7 Å². The minimum absolute atomic E-state index is 0.419. The minimum Gasteiger partial charge on any atom is -0.379 e. The van der Waals surface area contributed by atoms with E-state index in [0.29, 0.717) is 5.56 Å². The number of primary amides is 1. The molecular weight excluding hydrogens is 266 g/mol. The Labute approximate surface area is 123 Å². The molecular formula is C16H19N3O2. The van der Waals surface area contributed by atoms with Crippen LogP contribution >= 0.6 is 0 Å². The summed E-state index contributed by atoms with van der Waals surface area (Å²) in [7, 11) is 0. The fourth-order valence-electron chi connectivity index (χ4n) is 2.55. The van der Waals surface area contributed by atoms with Gasteiger partial charge in [-0.2, -0.15) is 0 Å². The Morgan fingerprint density at radius 3 is 2.76 bits per heavy atom. The SMILES string of the molecule is NC(=O)c1ccc2ccc(CCN3CCOCC3)nc2c1. The van der Waals surface area contributed by atoms with Gasteiger partial charge in [0.05, 0.1) is 18.7 Å². The smallest absolute Gasteiger partial charge is 0.248 e. The number of amides is 1. The lowest BCUT2D eigenvalue weighted by molar-refractivity contribution is 0.0383. The van der Waals surface area contributed by atoms with Crippen LogP contribution in [0.1, 0.15) is 16.1 Å². The summed E-state index contributed by atoms with van der Waals surface area (Å²) in [6.07, 6.45) is 0.900. The topological polar surface area (TPSA) is 68.5 Å². The molecule has 2 aromatic rings. The first-order valence-corrected chi connectivity index (χ1v) is 7.22. The Morgan fingerprint density at radius 1 is 1.24 bits per heavy atom. The average molecular weight is 285 g/mol. The van der Waals surface area contributed by atoms with Crippen molar-refractivity contribution in [2.24, 2.45) is 5.73 Å². The van der Waals surface area contributed by atoms with E-state index in [1.165, 1.54) is 0 Å². The molecule has 2 N–H and O–H groups in total. The molecule has 1 saturated heterocycles. The second kappa shape index (κ2) is 6.20. The summed E-state index contributed by atoms with van der Waals surface area (Å²) < 4.78 is 5.34. The summed E-state index contributed by atoms with van der Waals surface area (Å²) in [6.45, 7) is 4.58. The van der Waals surface area contributed by atoms with E-state index in [2.05, 4.69) is 9.88 Å². The average Bonchev–Trinajstić information content (AvgIpc) is 2.53. The molecule has 1 aromatic carbocycles.